The van der Waals surface area contributed by atoms with Crippen LogP contribution in [0, 0.1) is 0 Å². The monoisotopic (exact) mass is 681 g/mol. The molecule has 4 N–H and O–H groups in total. The number of nitrogens with zero attached hydrogens (tertiary/aromatic N) is 4. The van der Waals surface area contributed by atoms with E-state index in [-0.39, 0.29) is 18.5 Å². The van der Waals surface area contributed by atoms with Gasteiger partial charge in [-0.15, -0.1) is 0 Å². The number of para-hydroxylation sites is 3. The largest absolute Gasteiger partial charge is 0.480 e. The number of rotatable bonds is 9. The molecule has 7 rings (SSSR count). The number of benzene rings is 4. The average molecular weight is 682 g/mol. The minimum Gasteiger partial charge on any atom is -0.480 e. The number of hydrogen-bond donors (Lipinski definition) is 4. The Morgan fingerprint density at radius 1 is 0.784 bits per heavy atom. The van der Waals surface area contributed by atoms with Crippen LogP contribution in [0.2, 0.25) is 0 Å². The Labute approximate surface area is 295 Å². The van der Waals surface area contributed by atoms with Crippen molar-refractivity contribution in [2.75, 3.05) is 54.1 Å². The van der Waals surface area contributed by atoms with E-state index in [1.807, 2.05) is 85.8 Å². The molecule has 4 aromatic carbocycles. The second kappa shape index (κ2) is 14.7. The Morgan fingerprint density at radius 3 is 2.08 bits per heavy atom. The maximum atomic E-state index is 13.9. The molecule has 0 unspecified atom stereocenters. The van der Waals surface area contributed by atoms with Gasteiger partial charge in [-0.2, -0.15) is 0 Å². The lowest BCUT2D eigenvalue weighted by atomic mass is 10.1. The third kappa shape index (κ3) is 7.10. The van der Waals surface area contributed by atoms with Crippen LogP contribution in [0.15, 0.2) is 103 Å². The van der Waals surface area contributed by atoms with Crippen molar-refractivity contribution >= 4 is 62.2 Å². The minimum absolute atomic E-state index is 0.226. The molecule has 0 spiro atoms. The van der Waals surface area contributed by atoms with Crippen LogP contribution in [0.5, 0.6) is 5.88 Å². The minimum atomic E-state index is -0.408. The van der Waals surface area contributed by atoms with Gasteiger partial charge in [-0.1, -0.05) is 61.5 Å². The summed E-state index contributed by atoms with van der Waals surface area (Å²) in [6.07, 6.45) is 0.459. The molecule has 0 aliphatic carbocycles. The van der Waals surface area contributed by atoms with Gasteiger partial charge < -0.3 is 35.6 Å². The number of fused-ring (bicyclic) bond motifs is 2. The van der Waals surface area contributed by atoms with Gasteiger partial charge in [0.05, 0.1) is 41.7 Å². The molecule has 0 atom stereocenters. The number of pyridine rings is 2. The van der Waals surface area contributed by atoms with E-state index >= 15 is 0 Å². The first-order valence-electron chi connectivity index (χ1n) is 17.0. The smallest absolute Gasteiger partial charge is 0.322 e. The number of methoxy groups -OCH3 is 1. The van der Waals surface area contributed by atoms with Crippen LogP contribution in [-0.4, -0.2) is 65.2 Å². The van der Waals surface area contributed by atoms with Crippen molar-refractivity contribution in [1.82, 2.24) is 14.9 Å². The van der Waals surface area contributed by atoms with Gasteiger partial charge in [0.15, 0.2) is 0 Å². The van der Waals surface area contributed by atoms with Crippen molar-refractivity contribution in [3.05, 3.63) is 120 Å². The third-order valence-electron chi connectivity index (χ3n) is 9.06. The van der Waals surface area contributed by atoms with Crippen LogP contribution in [0.1, 0.15) is 28.5 Å². The van der Waals surface area contributed by atoms with E-state index < -0.39 is 5.91 Å². The predicted octanol–water partition coefficient (Wildman–Crippen LogP) is 7.20. The normalized spacial score (nSPS) is 12.9. The zero-order chi connectivity index (χ0) is 35.3. The standard InChI is InChI=1S/C40H39N7O4/c1-3-33-32(24-36(39(44-33)51-2)45-40(50)47-19-17-46(18-20-47)29-11-5-4-6-12-29)38(49)42-28-22-26(25-48)21-27(23-28)41-37-30-13-7-9-15-34(30)43-35-16-10-8-14-31(35)37/h4-16,21-24,48H,3,17-20,25H2,1-2H3,(H,41,43)(H,42,49)(H,45,50). The second-order valence-corrected chi connectivity index (χ2v) is 12.3. The molecule has 0 bridgehead atoms. The number of urea groups is 1. The van der Waals surface area contributed by atoms with Gasteiger partial charge in [0.25, 0.3) is 5.91 Å². The summed E-state index contributed by atoms with van der Waals surface area (Å²) in [5, 5.41) is 21.5. The van der Waals surface area contributed by atoms with E-state index in [1.165, 1.54) is 7.11 Å². The molecule has 6 aromatic rings. The molecule has 0 saturated carbocycles. The summed E-state index contributed by atoms with van der Waals surface area (Å²) in [5.41, 5.74) is 6.60. The van der Waals surface area contributed by atoms with Crippen LogP contribution in [0.4, 0.5) is 33.2 Å². The molecule has 11 nitrogen and oxygen atoms in total. The van der Waals surface area contributed by atoms with Gasteiger partial charge in [0, 0.05) is 54.0 Å². The molecule has 3 heterocycles. The molecule has 1 aliphatic heterocycles. The van der Waals surface area contributed by atoms with Crippen molar-refractivity contribution in [2.45, 2.75) is 20.0 Å². The summed E-state index contributed by atoms with van der Waals surface area (Å²) in [6, 6.07) is 32.7. The highest BCUT2D eigenvalue weighted by molar-refractivity contribution is 6.09. The highest BCUT2D eigenvalue weighted by Crippen LogP contribution is 2.34. The molecule has 3 amide bonds. The van der Waals surface area contributed by atoms with Gasteiger partial charge in [-0.3, -0.25) is 4.79 Å². The van der Waals surface area contributed by atoms with E-state index in [1.54, 1.807) is 17.0 Å². The number of nitrogens with one attached hydrogen (secondary N) is 3. The molecule has 11 heteroatoms. The summed E-state index contributed by atoms with van der Waals surface area (Å²) < 4.78 is 5.54. The van der Waals surface area contributed by atoms with Crippen molar-refractivity contribution in [2.24, 2.45) is 0 Å². The Hall–Kier alpha value is -6.20. The number of hydrogen-bond acceptors (Lipinski definition) is 8. The SMILES string of the molecule is CCc1nc(OC)c(NC(=O)N2CCN(c3ccccc3)CC2)cc1C(=O)Nc1cc(CO)cc(Nc2c3ccccc3nc3ccccc23)c1. The topological polar surface area (TPSA) is 132 Å². The lowest BCUT2D eigenvalue weighted by Gasteiger charge is -2.36. The average Bonchev–Trinajstić information content (AvgIpc) is 3.17. The van der Waals surface area contributed by atoms with Crippen LogP contribution in [0.3, 0.4) is 0 Å². The van der Waals surface area contributed by atoms with E-state index in [4.69, 9.17) is 9.72 Å². The molecule has 1 saturated heterocycles. The fraction of sp³-hybridized carbons (Fsp3) is 0.200. The first-order valence-corrected chi connectivity index (χ1v) is 17.0. The molecule has 1 aliphatic rings. The van der Waals surface area contributed by atoms with Crippen LogP contribution >= 0.6 is 0 Å². The van der Waals surface area contributed by atoms with Crippen molar-refractivity contribution in [3.63, 3.8) is 0 Å². The maximum absolute atomic E-state index is 13.9. The molecule has 2 aromatic heterocycles. The van der Waals surface area contributed by atoms with Gasteiger partial charge >= 0.3 is 6.03 Å². The van der Waals surface area contributed by atoms with Crippen LogP contribution in [0.25, 0.3) is 21.8 Å². The van der Waals surface area contributed by atoms with Crippen molar-refractivity contribution < 1.29 is 19.4 Å². The van der Waals surface area contributed by atoms with Crippen molar-refractivity contribution in [1.29, 1.82) is 0 Å². The maximum Gasteiger partial charge on any atom is 0.322 e. The number of aliphatic hydroxyl groups excluding tert-OH is 1. The van der Waals surface area contributed by atoms with E-state index in [0.717, 1.165) is 33.2 Å². The number of carbonyl (C=O) groups is 2. The fourth-order valence-electron chi connectivity index (χ4n) is 6.49. The Bertz CT molecular complexity index is 2170. The zero-order valence-electron chi connectivity index (χ0n) is 28.5. The highest BCUT2D eigenvalue weighted by Gasteiger charge is 2.24. The summed E-state index contributed by atoms with van der Waals surface area (Å²) in [6.45, 7) is 4.16. The summed E-state index contributed by atoms with van der Waals surface area (Å²) in [4.78, 5) is 40.7. The highest BCUT2D eigenvalue weighted by atomic mass is 16.5. The van der Waals surface area contributed by atoms with Gasteiger partial charge in [0.1, 0.15) is 5.69 Å². The van der Waals surface area contributed by atoms with Crippen LogP contribution in [-0.2, 0) is 13.0 Å². The molecular formula is C40H39N7O4. The number of ether oxygens (including phenoxy) is 1. The first kappa shape index (κ1) is 33.3. The summed E-state index contributed by atoms with van der Waals surface area (Å²) in [7, 11) is 1.49. The Kier molecular flexibility index (Phi) is 9.62. The number of anilines is 5. The van der Waals surface area contributed by atoms with E-state index in [9.17, 15) is 14.7 Å². The first-order chi connectivity index (χ1) is 24.9. The molecule has 0 radical (unpaired) electrons. The number of aromatic nitrogens is 2. The van der Waals surface area contributed by atoms with E-state index in [0.29, 0.717) is 66.5 Å². The molecule has 51 heavy (non-hydrogen) atoms. The van der Waals surface area contributed by atoms with Gasteiger partial charge in [-0.05, 0) is 60.5 Å². The van der Waals surface area contributed by atoms with Gasteiger partial charge in [0.2, 0.25) is 5.88 Å². The predicted molar refractivity (Wildman–Crippen MR) is 202 cm³/mol. The van der Waals surface area contributed by atoms with Crippen molar-refractivity contribution in [3.8, 4) is 5.88 Å². The second-order valence-electron chi connectivity index (χ2n) is 12.3. The zero-order valence-corrected chi connectivity index (χ0v) is 28.5. The number of aliphatic hydroxyl groups is 1. The Balaban J connectivity index is 1.13. The summed E-state index contributed by atoms with van der Waals surface area (Å²) >= 11 is 0. The molecular weight excluding hydrogens is 642 g/mol. The number of carbonyl (C=O) groups excluding carboxylic acids is 2. The number of amides is 3. The fourth-order valence-corrected chi connectivity index (χ4v) is 6.49. The third-order valence-corrected chi connectivity index (χ3v) is 9.06. The molecule has 1 fully saturated rings. The Morgan fingerprint density at radius 2 is 1.43 bits per heavy atom. The number of piperazine rings is 1. The lowest BCUT2D eigenvalue weighted by molar-refractivity contribution is 0.102. The number of aryl methyl sites for hydroxylation is 1. The molecule has 258 valence electrons. The summed E-state index contributed by atoms with van der Waals surface area (Å²) in [5.74, 6) is -0.180. The van der Waals surface area contributed by atoms with Crippen LogP contribution < -0.4 is 25.6 Å². The van der Waals surface area contributed by atoms with E-state index in [2.05, 4.69) is 38.0 Å². The lowest BCUT2D eigenvalue weighted by Crippen LogP contribution is -2.50. The quantitative estimate of drug-likeness (QED) is 0.118. The van der Waals surface area contributed by atoms with Gasteiger partial charge in [-0.25, -0.2) is 14.8 Å².